The average Bonchev–Trinajstić information content (AvgIpc) is 2.84. The topological polar surface area (TPSA) is 105 Å². The van der Waals surface area contributed by atoms with Crippen molar-refractivity contribution in [3.8, 4) is 17.2 Å². The molecule has 0 atom stereocenters. The second-order valence-corrected chi connectivity index (χ2v) is 9.03. The molecule has 0 saturated heterocycles. The van der Waals surface area contributed by atoms with Crippen molar-refractivity contribution in [2.75, 3.05) is 14.2 Å². The van der Waals surface area contributed by atoms with E-state index in [9.17, 15) is 41.5 Å². The average molecular weight is 672 g/mol. The first-order valence-electron chi connectivity index (χ1n) is 10.1. The molecule has 202 valence electrons. The number of methoxy groups -OCH3 is 2. The van der Waals surface area contributed by atoms with E-state index in [0.717, 1.165) is 0 Å². The number of halogens is 8. The van der Waals surface area contributed by atoms with Gasteiger partial charge in [0, 0.05) is 20.7 Å². The number of nitrogens with zero attached hydrogens (tertiary/aromatic N) is 2. The lowest BCUT2D eigenvalue weighted by molar-refractivity contribution is -0.142. The molecule has 38 heavy (non-hydrogen) atoms. The third-order valence-electron chi connectivity index (χ3n) is 5.06. The van der Waals surface area contributed by atoms with E-state index in [1.165, 1.54) is 50.6 Å². The van der Waals surface area contributed by atoms with E-state index in [0.29, 0.717) is 22.3 Å². The number of pyridine rings is 2. The summed E-state index contributed by atoms with van der Waals surface area (Å²) in [6, 6.07) is 8.68. The van der Waals surface area contributed by atoms with Crippen LogP contribution in [0.15, 0.2) is 45.3 Å². The number of alkyl halides is 6. The second kappa shape index (κ2) is 11.1. The van der Waals surface area contributed by atoms with Gasteiger partial charge in [-0.25, -0.2) is 9.97 Å². The van der Waals surface area contributed by atoms with Gasteiger partial charge < -0.3 is 24.6 Å². The van der Waals surface area contributed by atoms with Crippen molar-refractivity contribution in [1.29, 1.82) is 0 Å². The van der Waals surface area contributed by atoms with E-state index in [1.807, 2.05) is 0 Å². The lowest BCUT2D eigenvalue weighted by atomic mass is 9.78. The fourth-order valence-electron chi connectivity index (χ4n) is 3.31. The van der Waals surface area contributed by atoms with Crippen molar-refractivity contribution in [1.82, 2.24) is 9.97 Å². The summed E-state index contributed by atoms with van der Waals surface area (Å²) < 4.78 is 86.5. The Labute approximate surface area is 227 Å². The van der Waals surface area contributed by atoms with Gasteiger partial charge in [0.05, 0.1) is 29.7 Å². The van der Waals surface area contributed by atoms with Crippen molar-refractivity contribution in [3.05, 3.63) is 56.7 Å². The fraction of sp³-hybridized carbons (Fsp3) is 0.182. The molecule has 0 saturated carbocycles. The van der Waals surface area contributed by atoms with Crippen LogP contribution in [0, 0.1) is 0 Å². The molecule has 4 rings (SSSR count). The first kappa shape index (κ1) is 29.7. The molecular formula is C22H15BBr2F6N2O5. The van der Waals surface area contributed by atoms with Gasteiger partial charge in [-0.05, 0) is 52.3 Å². The van der Waals surface area contributed by atoms with E-state index in [-0.39, 0.29) is 20.0 Å². The molecule has 2 aromatic heterocycles. The molecule has 16 heteroatoms. The zero-order valence-electron chi connectivity index (χ0n) is 19.1. The molecule has 0 radical (unpaired) electrons. The normalized spacial score (nSPS) is 11.8. The number of ether oxygens (including phenoxy) is 2. The maximum atomic E-state index is 12.9. The van der Waals surface area contributed by atoms with Crippen LogP contribution in [0.1, 0.15) is 11.4 Å². The quantitative estimate of drug-likeness (QED) is 0.197. The summed E-state index contributed by atoms with van der Waals surface area (Å²) in [4.78, 5) is 6.90. The molecule has 4 aromatic rings. The number of hydrogen-bond donors (Lipinski definition) is 3. The number of fused-ring (bicyclic) bond motifs is 2. The van der Waals surface area contributed by atoms with Crippen molar-refractivity contribution in [3.63, 3.8) is 0 Å². The largest absolute Gasteiger partial charge is 0.505 e. The molecule has 0 aliphatic carbocycles. The highest BCUT2D eigenvalue weighted by molar-refractivity contribution is 9.11. The van der Waals surface area contributed by atoms with Crippen molar-refractivity contribution < 1.29 is 51.0 Å². The maximum absolute atomic E-state index is 12.9. The maximum Gasteiger partial charge on any atom is 0.491 e. The summed E-state index contributed by atoms with van der Waals surface area (Å²) in [6.45, 7) is 0. The Kier molecular flexibility index (Phi) is 8.70. The minimum atomic E-state index is -4.80. The molecule has 0 amide bonds. The summed E-state index contributed by atoms with van der Waals surface area (Å²) in [5, 5.41) is 28.5. The van der Waals surface area contributed by atoms with Gasteiger partial charge in [-0.1, -0.05) is 15.9 Å². The van der Waals surface area contributed by atoms with Crippen molar-refractivity contribution in [2.45, 2.75) is 12.4 Å². The summed E-state index contributed by atoms with van der Waals surface area (Å²) in [5.74, 6) is -0.0504. The lowest BCUT2D eigenvalue weighted by Crippen LogP contribution is -2.38. The molecule has 0 aliphatic rings. The van der Waals surface area contributed by atoms with Crippen molar-refractivity contribution in [2.24, 2.45) is 0 Å². The van der Waals surface area contributed by atoms with Gasteiger partial charge in [0.25, 0.3) is 0 Å². The van der Waals surface area contributed by atoms with Crippen LogP contribution in [0.4, 0.5) is 26.3 Å². The molecule has 0 fully saturated rings. The van der Waals surface area contributed by atoms with Crippen LogP contribution in [0.25, 0.3) is 21.8 Å². The van der Waals surface area contributed by atoms with Gasteiger partial charge in [-0.2, -0.15) is 26.3 Å². The van der Waals surface area contributed by atoms with Crippen LogP contribution in [-0.2, 0) is 12.4 Å². The van der Waals surface area contributed by atoms with Crippen molar-refractivity contribution >= 4 is 66.2 Å². The first-order valence-corrected chi connectivity index (χ1v) is 11.7. The third-order valence-corrected chi connectivity index (χ3v) is 6.72. The Morgan fingerprint density at radius 3 is 1.55 bits per heavy atom. The van der Waals surface area contributed by atoms with Crippen LogP contribution >= 0.6 is 31.9 Å². The highest BCUT2D eigenvalue weighted by Crippen LogP contribution is 2.42. The van der Waals surface area contributed by atoms with Gasteiger partial charge >= 0.3 is 19.5 Å². The Morgan fingerprint density at radius 2 is 1.16 bits per heavy atom. The van der Waals surface area contributed by atoms with Crippen LogP contribution in [0.3, 0.4) is 0 Å². The molecule has 7 nitrogen and oxygen atoms in total. The highest BCUT2D eigenvalue weighted by Gasteiger charge is 2.40. The SMILES string of the molecule is COc1ccc2nc(C(F)(F)F)c(B(O)O)c(Br)c2c1.COc1ccc2nc(C(F)(F)F)c(O)c(Br)c2c1. The van der Waals surface area contributed by atoms with Crippen LogP contribution < -0.4 is 14.9 Å². The van der Waals surface area contributed by atoms with Gasteiger partial charge in [0.2, 0.25) is 0 Å². The van der Waals surface area contributed by atoms with Gasteiger partial charge in [-0.3, -0.25) is 0 Å². The fourth-order valence-corrected chi connectivity index (χ4v) is 4.53. The molecule has 0 bridgehead atoms. The minimum absolute atomic E-state index is 0.0567. The Balaban J connectivity index is 0.000000212. The molecule has 2 aromatic carbocycles. The lowest BCUT2D eigenvalue weighted by Gasteiger charge is -2.15. The molecule has 0 unspecified atom stereocenters. The number of aromatic hydroxyl groups is 1. The van der Waals surface area contributed by atoms with E-state index >= 15 is 0 Å². The van der Waals surface area contributed by atoms with E-state index in [4.69, 9.17) is 9.47 Å². The minimum Gasteiger partial charge on any atom is -0.505 e. The molecule has 0 spiro atoms. The summed E-state index contributed by atoms with van der Waals surface area (Å²) in [7, 11) is 0.546. The van der Waals surface area contributed by atoms with Gasteiger partial charge in [0.1, 0.15) is 17.2 Å². The monoisotopic (exact) mass is 670 g/mol. The molecule has 3 N–H and O–H groups in total. The van der Waals surface area contributed by atoms with E-state index in [1.54, 1.807) is 0 Å². The number of hydrogen-bond acceptors (Lipinski definition) is 7. The summed E-state index contributed by atoms with van der Waals surface area (Å²) >= 11 is 5.92. The Hall–Kier alpha value is -2.82. The Morgan fingerprint density at radius 1 is 0.737 bits per heavy atom. The van der Waals surface area contributed by atoms with Crippen LogP contribution in [0.5, 0.6) is 17.2 Å². The number of rotatable bonds is 3. The van der Waals surface area contributed by atoms with Crippen LogP contribution in [0.2, 0.25) is 0 Å². The zero-order valence-corrected chi connectivity index (χ0v) is 22.3. The van der Waals surface area contributed by atoms with Crippen LogP contribution in [-0.4, -0.2) is 46.5 Å². The van der Waals surface area contributed by atoms with Gasteiger partial charge in [0.15, 0.2) is 11.4 Å². The number of aromatic nitrogens is 2. The molecule has 0 aliphatic heterocycles. The number of benzene rings is 2. The Bertz CT molecular complexity index is 1500. The smallest absolute Gasteiger partial charge is 0.491 e. The van der Waals surface area contributed by atoms with E-state index < -0.39 is 42.1 Å². The van der Waals surface area contributed by atoms with E-state index in [2.05, 4.69) is 41.8 Å². The highest BCUT2D eigenvalue weighted by atomic mass is 79.9. The summed E-state index contributed by atoms with van der Waals surface area (Å²) in [6.07, 6.45) is -9.50. The first-order chi connectivity index (χ1) is 17.6. The predicted octanol–water partition coefficient (Wildman–Crippen LogP) is 5.43. The standard InChI is InChI=1S/C11H8BBrF3NO3.C11H7BrF3NO2/c1-20-5-2-3-7-6(4-5)9(13)8(12(18)19)10(17-7)11(14,15)16;1-18-5-2-3-7-6(4-5)8(12)9(17)10(16-7)11(13,14)15/h2-4,18-19H,1H3;2-4,17H,1H3. The second-order valence-electron chi connectivity index (χ2n) is 7.45. The zero-order chi connectivity index (χ0) is 28.6. The third kappa shape index (κ3) is 6.08. The molecule has 2 heterocycles. The summed E-state index contributed by atoms with van der Waals surface area (Å²) in [5.41, 5.74) is -3.19. The molecular weight excluding hydrogens is 657 g/mol. The predicted molar refractivity (Wildman–Crippen MR) is 133 cm³/mol. The van der Waals surface area contributed by atoms with Gasteiger partial charge in [-0.15, -0.1) is 0 Å².